The number of ketones is 1. The molecular weight excluding hydrogens is 262 g/mol. The molecule has 0 spiro atoms. The van der Waals surface area contributed by atoms with E-state index in [2.05, 4.69) is 12.2 Å². The highest BCUT2D eigenvalue weighted by atomic mass is 16.7. The van der Waals surface area contributed by atoms with Gasteiger partial charge in [0.15, 0.2) is 0 Å². The van der Waals surface area contributed by atoms with E-state index in [4.69, 9.17) is 9.57 Å². The lowest BCUT2D eigenvalue weighted by molar-refractivity contribution is -0.197. The molecule has 1 atom stereocenters. The number of carbonyl (C=O) groups excluding carboxylic acids is 3. The second-order valence-electron chi connectivity index (χ2n) is 4.96. The van der Waals surface area contributed by atoms with Crippen LogP contribution in [0.25, 0.3) is 0 Å². The molecule has 0 aromatic carbocycles. The summed E-state index contributed by atoms with van der Waals surface area (Å²) in [6, 6.07) is 0. The van der Waals surface area contributed by atoms with Gasteiger partial charge < -0.3 is 9.57 Å². The fourth-order valence-corrected chi connectivity index (χ4v) is 2.27. The third kappa shape index (κ3) is 4.16. The number of hydrogen-bond donors (Lipinski definition) is 0. The van der Waals surface area contributed by atoms with Crippen molar-refractivity contribution < 1.29 is 24.0 Å². The van der Waals surface area contributed by atoms with Crippen molar-refractivity contribution in [2.75, 3.05) is 13.2 Å². The number of carbonyl (C=O) groups is 3. The number of Topliss-reactive ketones (excluding diaryl/α,β-unsaturated/α-hetero) is 1. The maximum absolute atomic E-state index is 11.6. The molecule has 110 valence electrons. The third-order valence-corrected chi connectivity index (χ3v) is 3.37. The van der Waals surface area contributed by atoms with Crippen molar-refractivity contribution in [2.24, 2.45) is 0 Å². The molecule has 1 aliphatic heterocycles. The summed E-state index contributed by atoms with van der Waals surface area (Å²) in [6.45, 7) is -0.0516. The van der Waals surface area contributed by atoms with E-state index < -0.39 is 17.7 Å². The molecule has 0 aromatic heterocycles. The van der Waals surface area contributed by atoms with Gasteiger partial charge in [0.05, 0.1) is 12.6 Å². The normalized spacial score (nSPS) is 25.2. The van der Waals surface area contributed by atoms with Crippen LogP contribution in [0, 0.1) is 0 Å². The zero-order chi connectivity index (χ0) is 14.4. The summed E-state index contributed by atoms with van der Waals surface area (Å²) in [5.41, 5.74) is 0. The Bertz CT molecular complexity index is 418. The molecule has 0 aromatic rings. The highest BCUT2D eigenvalue weighted by Crippen LogP contribution is 2.15. The van der Waals surface area contributed by atoms with Gasteiger partial charge in [-0.2, -0.15) is 5.06 Å². The monoisotopic (exact) mass is 281 g/mol. The number of hydrogen-bond acceptors (Lipinski definition) is 5. The first-order valence-electron chi connectivity index (χ1n) is 6.99. The second kappa shape index (κ2) is 7.19. The van der Waals surface area contributed by atoms with E-state index in [-0.39, 0.29) is 25.7 Å². The number of allylic oxidation sites excluding steroid dienone is 2. The molecule has 0 N–H and O–H groups in total. The maximum Gasteiger partial charge on any atom is 0.357 e. The van der Waals surface area contributed by atoms with Gasteiger partial charge in [-0.3, -0.25) is 9.59 Å². The Kier molecular flexibility index (Phi) is 5.29. The highest BCUT2D eigenvalue weighted by molar-refractivity contribution is 6.37. The first kappa shape index (κ1) is 14.7. The van der Waals surface area contributed by atoms with Gasteiger partial charge in [0.1, 0.15) is 6.61 Å². The number of amides is 1. The number of hydroxylamine groups is 2. The second-order valence-corrected chi connectivity index (χ2v) is 4.96. The molecule has 20 heavy (non-hydrogen) atoms. The summed E-state index contributed by atoms with van der Waals surface area (Å²) in [7, 11) is 0. The van der Waals surface area contributed by atoms with Gasteiger partial charge in [0.2, 0.25) is 5.78 Å². The van der Waals surface area contributed by atoms with Crippen LogP contribution in [-0.2, 0) is 24.0 Å². The van der Waals surface area contributed by atoms with E-state index in [1.165, 1.54) is 0 Å². The third-order valence-electron chi connectivity index (χ3n) is 3.37. The fraction of sp³-hybridized carbons (Fsp3) is 0.643. The molecule has 0 radical (unpaired) electrons. The number of nitrogens with zero attached hydrogens (tertiary/aromatic N) is 1. The molecule has 6 heteroatoms. The Hall–Kier alpha value is -1.69. The average Bonchev–Trinajstić information content (AvgIpc) is 2.69. The molecule has 1 saturated heterocycles. The van der Waals surface area contributed by atoms with Crippen molar-refractivity contribution in [1.82, 2.24) is 5.06 Å². The predicted molar refractivity (Wildman–Crippen MR) is 69.4 cm³/mol. The van der Waals surface area contributed by atoms with Crippen LogP contribution >= 0.6 is 0 Å². The lowest BCUT2D eigenvalue weighted by atomic mass is 10.0. The average molecular weight is 281 g/mol. The SMILES string of the molecule is O=C(COC1CC/C=C/CCC1)ON1CCC(=O)C1=O. The summed E-state index contributed by atoms with van der Waals surface area (Å²) in [5.74, 6) is -1.91. The molecule has 1 amide bonds. The Balaban J connectivity index is 1.70. The molecule has 1 heterocycles. The van der Waals surface area contributed by atoms with Crippen LogP contribution in [0.3, 0.4) is 0 Å². The maximum atomic E-state index is 11.6. The van der Waals surface area contributed by atoms with E-state index in [0.29, 0.717) is 0 Å². The molecule has 1 unspecified atom stereocenters. The van der Waals surface area contributed by atoms with Crippen molar-refractivity contribution >= 4 is 17.7 Å². The summed E-state index contributed by atoms with van der Waals surface area (Å²) in [4.78, 5) is 38.7. The van der Waals surface area contributed by atoms with Crippen LogP contribution in [0.4, 0.5) is 0 Å². The Morgan fingerprint density at radius 2 is 2.05 bits per heavy atom. The van der Waals surface area contributed by atoms with Gasteiger partial charge in [-0.25, -0.2) is 4.79 Å². The number of ether oxygens (including phenoxy) is 1. The van der Waals surface area contributed by atoms with E-state index >= 15 is 0 Å². The van der Waals surface area contributed by atoms with Gasteiger partial charge in [0, 0.05) is 6.42 Å². The van der Waals surface area contributed by atoms with Gasteiger partial charge in [-0.05, 0) is 32.1 Å². The van der Waals surface area contributed by atoms with Crippen molar-refractivity contribution in [3.05, 3.63) is 12.2 Å². The first-order chi connectivity index (χ1) is 9.66. The molecule has 0 saturated carbocycles. The molecule has 1 fully saturated rings. The van der Waals surface area contributed by atoms with Crippen molar-refractivity contribution in [1.29, 1.82) is 0 Å². The van der Waals surface area contributed by atoms with Crippen LogP contribution < -0.4 is 0 Å². The fourth-order valence-electron chi connectivity index (χ4n) is 2.27. The zero-order valence-electron chi connectivity index (χ0n) is 11.4. The van der Waals surface area contributed by atoms with Crippen LogP contribution in [0.15, 0.2) is 12.2 Å². The molecule has 2 aliphatic rings. The van der Waals surface area contributed by atoms with E-state index in [9.17, 15) is 14.4 Å². The summed E-state index contributed by atoms with van der Waals surface area (Å²) < 4.78 is 5.52. The van der Waals surface area contributed by atoms with Crippen molar-refractivity contribution in [3.63, 3.8) is 0 Å². The van der Waals surface area contributed by atoms with Crippen LogP contribution in [0.5, 0.6) is 0 Å². The van der Waals surface area contributed by atoms with E-state index in [1.54, 1.807) is 0 Å². The standard InChI is InChI=1S/C14H19NO5/c16-12-8-9-15(14(12)18)20-13(17)10-19-11-6-4-2-1-3-5-7-11/h1-2,11H,3-10H2/b2-1+. The zero-order valence-corrected chi connectivity index (χ0v) is 11.4. The van der Waals surface area contributed by atoms with Crippen LogP contribution in [-0.4, -0.2) is 42.0 Å². The number of rotatable bonds is 4. The van der Waals surface area contributed by atoms with Gasteiger partial charge in [-0.1, -0.05) is 12.2 Å². The van der Waals surface area contributed by atoms with Crippen molar-refractivity contribution in [2.45, 2.75) is 44.6 Å². The van der Waals surface area contributed by atoms with Gasteiger partial charge in [-0.15, -0.1) is 0 Å². The summed E-state index contributed by atoms with van der Waals surface area (Å²) in [5, 5.41) is 0.814. The lowest BCUT2D eigenvalue weighted by Gasteiger charge is -2.19. The molecular formula is C14H19NO5. The summed E-state index contributed by atoms with van der Waals surface area (Å²) in [6.07, 6.45) is 9.25. The quantitative estimate of drug-likeness (QED) is 0.571. The lowest BCUT2D eigenvalue weighted by Crippen LogP contribution is -2.32. The van der Waals surface area contributed by atoms with Gasteiger partial charge >= 0.3 is 11.9 Å². The molecule has 1 aliphatic carbocycles. The first-order valence-corrected chi connectivity index (χ1v) is 6.99. The smallest absolute Gasteiger partial charge is 0.357 e. The van der Waals surface area contributed by atoms with E-state index in [1.807, 2.05) is 0 Å². The Morgan fingerprint density at radius 1 is 1.25 bits per heavy atom. The Morgan fingerprint density at radius 3 is 2.80 bits per heavy atom. The predicted octanol–water partition coefficient (Wildman–Crippen LogP) is 1.15. The largest absolute Gasteiger partial charge is 0.366 e. The van der Waals surface area contributed by atoms with Crippen LogP contribution in [0.2, 0.25) is 0 Å². The molecule has 0 bridgehead atoms. The van der Waals surface area contributed by atoms with Crippen LogP contribution in [0.1, 0.15) is 38.5 Å². The van der Waals surface area contributed by atoms with Gasteiger partial charge in [0.25, 0.3) is 0 Å². The summed E-state index contributed by atoms with van der Waals surface area (Å²) >= 11 is 0. The minimum atomic E-state index is -0.755. The Labute approximate surface area is 117 Å². The minimum absolute atomic E-state index is 0.0448. The molecule has 2 rings (SSSR count). The topological polar surface area (TPSA) is 72.9 Å². The minimum Gasteiger partial charge on any atom is -0.366 e. The van der Waals surface area contributed by atoms with Crippen molar-refractivity contribution in [3.8, 4) is 0 Å². The van der Waals surface area contributed by atoms with E-state index in [0.717, 1.165) is 37.2 Å². The highest BCUT2D eigenvalue weighted by Gasteiger charge is 2.32. The molecule has 6 nitrogen and oxygen atoms in total.